The van der Waals surface area contributed by atoms with Gasteiger partial charge in [0.2, 0.25) is 11.8 Å². The number of carbonyl (C=O) groups is 4. The number of carbonyl (C=O) groups excluding carboxylic acids is 4. The largest absolute Gasteiger partial charge is 0.464 e. The second-order valence-corrected chi connectivity index (χ2v) is 26.5. The van der Waals surface area contributed by atoms with Gasteiger partial charge in [0.1, 0.15) is 18.1 Å². The lowest BCUT2D eigenvalue weighted by atomic mass is 9.84. The van der Waals surface area contributed by atoms with Gasteiger partial charge in [0, 0.05) is 105 Å². The zero-order chi connectivity index (χ0) is 55.0. The molecule has 6 saturated heterocycles. The molecule has 6 bridgehead atoms. The Morgan fingerprint density at radius 2 is 1.71 bits per heavy atom. The average Bonchev–Trinajstić information content (AvgIpc) is 4.23. The number of aryl methyl sites for hydroxylation is 1. The normalized spacial score (nSPS) is 29.3. The van der Waals surface area contributed by atoms with Crippen molar-refractivity contribution >= 4 is 40.3 Å². The molecular formula is C64H86N10O6. The van der Waals surface area contributed by atoms with Gasteiger partial charge in [0.15, 0.2) is 0 Å². The Balaban J connectivity index is 0.838. The molecule has 80 heavy (non-hydrogen) atoms. The van der Waals surface area contributed by atoms with E-state index in [1.807, 2.05) is 6.20 Å². The Hall–Kier alpha value is -5.39. The van der Waals surface area contributed by atoms with Gasteiger partial charge in [-0.1, -0.05) is 57.0 Å². The quantitative estimate of drug-likeness (QED) is 0.102. The molecule has 7 aliphatic heterocycles. The molecule has 13 rings (SSSR count). The Morgan fingerprint density at radius 3 is 2.52 bits per heavy atom. The van der Waals surface area contributed by atoms with E-state index in [4.69, 9.17) is 14.5 Å². The summed E-state index contributed by atoms with van der Waals surface area (Å²) in [5.74, 6) is 0.359. The van der Waals surface area contributed by atoms with Crippen LogP contribution in [0.1, 0.15) is 128 Å². The minimum atomic E-state index is -0.895. The fraction of sp³-hybridized carbons (Fsp3) is 0.641. The predicted molar refractivity (Wildman–Crippen MR) is 309 cm³/mol. The number of fused-ring (bicyclic) bond motifs is 7. The topological polar surface area (TPSA) is 167 Å². The van der Waals surface area contributed by atoms with Gasteiger partial charge in [-0.3, -0.25) is 44.3 Å². The molecule has 2 aromatic heterocycles. The van der Waals surface area contributed by atoms with Gasteiger partial charge in [-0.15, -0.1) is 0 Å². The van der Waals surface area contributed by atoms with Crippen LogP contribution in [0.2, 0.25) is 0 Å². The summed E-state index contributed by atoms with van der Waals surface area (Å²) in [7, 11) is 1.75. The molecule has 2 aromatic carbocycles. The highest BCUT2D eigenvalue weighted by Crippen LogP contribution is 2.47. The number of hydrogen-bond donors (Lipinski definition) is 3. The minimum Gasteiger partial charge on any atom is -0.464 e. The second-order valence-electron chi connectivity index (χ2n) is 26.5. The third-order valence-electron chi connectivity index (χ3n) is 20.4. The Morgan fingerprint density at radius 1 is 0.900 bits per heavy atom. The number of piperazine rings is 1. The minimum absolute atomic E-state index is 0.0249. The lowest BCUT2D eigenvalue weighted by Gasteiger charge is -2.39. The fourth-order valence-electron chi connectivity index (χ4n) is 15.7. The summed E-state index contributed by atoms with van der Waals surface area (Å²) in [6.07, 6.45) is 14.8. The van der Waals surface area contributed by atoms with E-state index in [2.05, 4.69) is 116 Å². The van der Waals surface area contributed by atoms with Crippen LogP contribution in [-0.4, -0.2) is 162 Å². The van der Waals surface area contributed by atoms with Crippen molar-refractivity contribution in [3.8, 4) is 22.4 Å². The first-order valence-corrected chi connectivity index (χ1v) is 30.9. The van der Waals surface area contributed by atoms with Gasteiger partial charge in [-0.2, -0.15) is 0 Å². The molecule has 8 fully saturated rings. The average molecular weight is 1090 g/mol. The van der Waals surface area contributed by atoms with E-state index in [0.29, 0.717) is 43.8 Å². The number of nitrogens with one attached hydrogen (secondary N) is 3. The summed E-state index contributed by atoms with van der Waals surface area (Å²) in [4.78, 5) is 73.4. The van der Waals surface area contributed by atoms with Crippen molar-refractivity contribution < 1.29 is 28.7 Å². The monoisotopic (exact) mass is 1090 g/mol. The number of nitrogens with zero attached hydrogens (tertiary/aromatic N) is 7. The van der Waals surface area contributed by atoms with E-state index in [9.17, 15) is 9.59 Å². The van der Waals surface area contributed by atoms with Crippen molar-refractivity contribution in [1.82, 2.24) is 45.3 Å². The second kappa shape index (κ2) is 21.7. The molecule has 3 amide bonds. The summed E-state index contributed by atoms with van der Waals surface area (Å²) >= 11 is 0. The van der Waals surface area contributed by atoms with E-state index in [0.717, 1.165) is 141 Å². The molecule has 16 nitrogen and oxygen atoms in total. The number of pyridine rings is 1. The molecule has 16 heteroatoms. The van der Waals surface area contributed by atoms with Gasteiger partial charge < -0.3 is 29.2 Å². The molecule has 428 valence electrons. The van der Waals surface area contributed by atoms with E-state index in [-0.39, 0.29) is 66.2 Å². The molecule has 0 radical (unpaired) electrons. The predicted octanol–water partition coefficient (Wildman–Crippen LogP) is 7.26. The SMILES string of the molecule is CCn1c(-c2cc(N3CCN4CCC[C@@H]4C3)cnc2[C@H](C)OC)c2c3cc(ccc31)-c1cccc(c1)C[C@H](NC(=O)C(C1CCCC1)N1CC[C@]3(CCN(C(=O)[C@@H]4NC4C4CC4)C3)C1)C(=O)N1CCC[C@H](N1)C(=O)OCC(C)(C)C2. The van der Waals surface area contributed by atoms with E-state index >= 15 is 9.59 Å². The molecule has 3 N–H and O–H groups in total. The first kappa shape index (κ1) is 53.9. The number of rotatable bonds is 11. The Kier molecular flexibility index (Phi) is 14.6. The van der Waals surface area contributed by atoms with Crippen molar-refractivity contribution in [1.29, 1.82) is 0 Å². The van der Waals surface area contributed by atoms with Gasteiger partial charge in [-0.05, 0) is 150 Å². The number of hydrogen-bond acceptors (Lipinski definition) is 12. The number of likely N-dealkylation sites (tertiary alicyclic amines) is 2. The first-order valence-electron chi connectivity index (χ1n) is 30.9. The molecule has 2 saturated carbocycles. The van der Waals surface area contributed by atoms with Crippen LogP contribution in [0.4, 0.5) is 5.69 Å². The van der Waals surface area contributed by atoms with Crippen molar-refractivity contribution in [3.05, 3.63) is 71.5 Å². The van der Waals surface area contributed by atoms with Gasteiger partial charge >= 0.3 is 5.97 Å². The smallest absolute Gasteiger partial charge is 0.324 e. The van der Waals surface area contributed by atoms with Crippen molar-refractivity contribution in [2.24, 2.45) is 22.7 Å². The van der Waals surface area contributed by atoms with E-state index in [1.54, 1.807) is 12.1 Å². The van der Waals surface area contributed by atoms with Crippen LogP contribution < -0.4 is 21.0 Å². The van der Waals surface area contributed by atoms with Crippen LogP contribution in [0.5, 0.6) is 0 Å². The standard InChI is InChI=1S/C64H86N10O6/c1-6-73-53-21-20-45-32-48(53)50(58(73)49-33-47(35-65-54(49)40(2)79-5)70-29-28-69-24-10-16-46(69)36-70)34-63(3,4)39-80-62(78)51-17-11-25-74(68-51)60(76)52(31-41-12-9-15-44(45)30-41)66-59(75)57(43-13-7-8-14-43)71-26-22-64(37-71)23-27-72(38-64)61(77)56-55(67-56)42-18-19-42/h9,12,15,20-21,30,32-33,35,40,42-43,46,51-52,55-57,67-68H,6-8,10-11,13-14,16-19,22-29,31,34,36-39H2,1-5H3,(H,66,75)/t40-,46+,51-,52-,55?,56+,57?,64-/m0/s1. The zero-order valence-corrected chi connectivity index (χ0v) is 48.1. The lowest BCUT2D eigenvalue weighted by Crippen LogP contribution is -2.62. The Labute approximate surface area is 473 Å². The van der Waals surface area contributed by atoms with Crippen LogP contribution in [0.15, 0.2) is 54.7 Å². The molecule has 2 unspecified atom stereocenters. The summed E-state index contributed by atoms with van der Waals surface area (Å²) in [5, 5.41) is 9.60. The third kappa shape index (κ3) is 10.5. The number of benzene rings is 2. The summed E-state index contributed by atoms with van der Waals surface area (Å²) in [6, 6.07) is 16.5. The van der Waals surface area contributed by atoms with Crippen LogP contribution in [0, 0.1) is 22.7 Å². The molecule has 4 aromatic rings. The number of aromatic nitrogens is 2. The van der Waals surface area contributed by atoms with Crippen molar-refractivity contribution in [2.75, 3.05) is 77.5 Å². The number of ether oxygens (including phenoxy) is 2. The van der Waals surface area contributed by atoms with E-state index < -0.39 is 17.5 Å². The van der Waals surface area contributed by atoms with Gasteiger partial charge in [0.25, 0.3) is 5.91 Å². The van der Waals surface area contributed by atoms with Crippen LogP contribution in [0.3, 0.4) is 0 Å². The fourth-order valence-corrected chi connectivity index (χ4v) is 15.7. The zero-order valence-electron chi connectivity index (χ0n) is 48.1. The summed E-state index contributed by atoms with van der Waals surface area (Å²) in [5.41, 5.74) is 12.3. The number of cyclic esters (lactones) is 1. The molecule has 8 atom stereocenters. The summed E-state index contributed by atoms with van der Waals surface area (Å²) < 4.78 is 14.9. The number of hydrazine groups is 1. The summed E-state index contributed by atoms with van der Waals surface area (Å²) in [6.45, 7) is 17.2. The number of amides is 3. The highest BCUT2D eigenvalue weighted by Gasteiger charge is 2.55. The number of methoxy groups -OCH3 is 1. The van der Waals surface area contributed by atoms with Crippen molar-refractivity contribution in [3.63, 3.8) is 0 Å². The molecule has 2 aliphatic carbocycles. The van der Waals surface area contributed by atoms with Crippen LogP contribution in [0.25, 0.3) is 33.3 Å². The van der Waals surface area contributed by atoms with E-state index in [1.165, 1.54) is 37.8 Å². The molecular weight excluding hydrogens is 1000 g/mol. The maximum atomic E-state index is 15.3. The maximum Gasteiger partial charge on any atom is 0.324 e. The van der Waals surface area contributed by atoms with Crippen molar-refractivity contribution in [2.45, 2.75) is 166 Å². The van der Waals surface area contributed by atoms with Gasteiger partial charge in [0.05, 0.1) is 42.0 Å². The number of anilines is 1. The maximum absolute atomic E-state index is 15.3. The highest BCUT2D eigenvalue weighted by molar-refractivity contribution is 5.96. The van der Waals surface area contributed by atoms with Crippen LogP contribution in [-0.2, 0) is 48.0 Å². The lowest BCUT2D eigenvalue weighted by molar-refractivity contribution is -0.155. The first-order chi connectivity index (χ1) is 38.8. The Bertz CT molecular complexity index is 3020. The van der Waals surface area contributed by atoms with Gasteiger partial charge in [-0.25, -0.2) is 5.43 Å². The molecule has 9 heterocycles. The molecule has 9 aliphatic rings. The third-order valence-corrected chi connectivity index (χ3v) is 20.4. The van der Waals surface area contributed by atoms with Crippen LogP contribution >= 0.6 is 0 Å². The number of esters is 1. The molecule has 1 spiro atoms. The highest BCUT2D eigenvalue weighted by atomic mass is 16.5.